The van der Waals surface area contributed by atoms with Crippen LogP contribution in [0.3, 0.4) is 0 Å². The lowest BCUT2D eigenvalue weighted by molar-refractivity contribution is 0.969. The van der Waals surface area contributed by atoms with E-state index in [4.69, 9.17) is 11.0 Å². The van der Waals surface area contributed by atoms with Gasteiger partial charge in [-0.3, -0.25) is 0 Å². The molecule has 0 aliphatic rings. The molecule has 18 heavy (non-hydrogen) atoms. The van der Waals surface area contributed by atoms with Crippen molar-refractivity contribution in [2.24, 2.45) is 5.73 Å². The Morgan fingerprint density at radius 1 is 0.833 bits per heavy atom. The summed E-state index contributed by atoms with van der Waals surface area (Å²) in [6.45, 7) is 0.740. The zero-order valence-corrected chi connectivity index (χ0v) is 10.4. The summed E-state index contributed by atoms with van der Waals surface area (Å²) in [5.74, 6) is 0. The lowest BCUT2D eigenvalue weighted by atomic mass is 10.2. The maximum atomic E-state index is 8.27. The van der Waals surface area contributed by atoms with Crippen molar-refractivity contribution in [3.8, 4) is 6.07 Å². The molecule has 0 aliphatic carbocycles. The van der Waals surface area contributed by atoms with Crippen molar-refractivity contribution in [1.29, 1.82) is 5.26 Å². The second-order valence-electron chi connectivity index (χ2n) is 3.84. The van der Waals surface area contributed by atoms with Gasteiger partial charge in [-0.25, -0.2) is 0 Å². The van der Waals surface area contributed by atoms with Gasteiger partial charge in [0.25, 0.3) is 0 Å². The van der Waals surface area contributed by atoms with Gasteiger partial charge >= 0.3 is 0 Å². The number of nitrogens with zero attached hydrogens (tertiary/aromatic N) is 1. The molecule has 0 aliphatic heterocycles. The summed E-state index contributed by atoms with van der Waals surface area (Å²) < 4.78 is 0. The predicted octanol–water partition coefficient (Wildman–Crippen LogP) is 2.94. The Morgan fingerprint density at radius 2 is 1.33 bits per heavy atom. The molecule has 2 N–H and O–H groups in total. The second kappa shape index (κ2) is 8.98. The van der Waals surface area contributed by atoms with Crippen LogP contribution in [-0.2, 0) is 12.8 Å². The van der Waals surface area contributed by atoms with Crippen LogP contribution in [0.2, 0.25) is 0 Å². The lowest BCUT2D eigenvalue weighted by Crippen LogP contribution is -2.01. The van der Waals surface area contributed by atoms with Crippen LogP contribution in [0, 0.1) is 11.3 Å². The largest absolute Gasteiger partial charge is 0.330 e. The van der Waals surface area contributed by atoms with E-state index in [2.05, 4.69) is 18.2 Å². The van der Waals surface area contributed by atoms with Crippen LogP contribution in [0.15, 0.2) is 60.7 Å². The summed E-state index contributed by atoms with van der Waals surface area (Å²) in [5.41, 5.74) is 7.76. The highest BCUT2D eigenvalue weighted by molar-refractivity contribution is 5.17. The summed E-state index contributed by atoms with van der Waals surface area (Å²) >= 11 is 0. The summed E-state index contributed by atoms with van der Waals surface area (Å²) in [6, 6.07) is 22.1. The molecular formula is C16H18N2. The molecule has 92 valence electrons. The van der Waals surface area contributed by atoms with Crippen molar-refractivity contribution in [3.63, 3.8) is 0 Å². The molecule has 0 fully saturated rings. The predicted molar refractivity (Wildman–Crippen MR) is 75.0 cm³/mol. The molecule has 0 bridgehead atoms. The van der Waals surface area contributed by atoms with Crippen LogP contribution in [0.1, 0.15) is 11.1 Å². The topological polar surface area (TPSA) is 49.8 Å². The van der Waals surface area contributed by atoms with Gasteiger partial charge < -0.3 is 5.73 Å². The number of rotatable bonds is 3. The van der Waals surface area contributed by atoms with E-state index in [0.29, 0.717) is 6.42 Å². The van der Waals surface area contributed by atoms with E-state index in [0.717, 1.165) is 18.5 Å². The van der Waals surface area contributed by atoms with Crippen molar-refractivity contribution in [1.82, 2.24) is 0 Å². The van der Waals surface area contributed by atoms with Crippen LogP contribution in [0.5, 0.6) is 0 Å². The quantitative estimate of drug-likeness (QED) is 0.893. The fourth-order valence-corrected chi connectivity index (χ4v) is 1.50. The van der Waals surface area contributed by atoms with Gasteiger partial charge in [-0.05, 0) is 24.1 Å². The monoisotopic (exact) mass is 238 g/mol. The third kappa shape index (κ3) is 5.83. The zero-order valence-electron chi connectivity index (χ0n) is 10.4. The van der Waals surface area contributed by atoms with E-state index in [1.807, 2.05) is 48.5 Å². The Hall–Kier alpha value is -2.11. The normalized spacial score (nSPS) is 8.89. The molecule has 0 unspecified atom stereocenters. The Bertz CT molecular complexity index is 457. The van der Waals surface area contributed by atoms with E-state index in [1.165, 1.54) is 5.56 Å². The van der Waals surface area contributed by atoms with Crippen molar-refractivity contribution in [3.05, 3.63) is 71.8 Å². The van der Waals surface area contributed by atoms with Crippen LogP contribution in [0.25, 0.3) is 0 Å². The van der Waals surface area contributed by atoms with Gasteiger partial charge in [-0.2, -0.15) is 5.26 Å². The van der Waals surface area contributed by atoms with Crippen LogP contribution < -0.4 is 5.73 Å². The first-order chi connectivity index (χ1) is 8.86. The Labute approximate surface area is 109 Å². The van der Waals surface area contributed by atoms with Crippen LogP contribution >= 0.6 is 0 Å². The minimum absolute atomic E-state index is 0.515. The Balaban J connectivity index is 0.000000180. The summed E-state index contributed by atoms with van der Waals surface area (Å²) in [4.78, 5) is 0. The maximum absolute atomic E-state index is 8.27. The first-order valence-corrected chi connectivity index (χ1v) is 6.01. The summed E-state index contributed by atoms with van der Waals surface area (Å²) in [5, 5.41) is 8.27. The van der Waals surface area contributed by atoms with Crippen LogP contribution in [-0.4, -0.2) is 6.54 Å². The zero-order chi connectivity index (χ0) is 13.1. The lowest BCUT2D eigenvalue weighted by Gasteiger charge is -1.93. The standard InChI is InChI=1S/C8H11N.C8H7N/c2*9-7-6-8-4-2-1-3-5-8/h1-5H,6-7,9H2;1-5H,6H2. The van der Waals surface area contributed by atoms with Gasteiger partial charge in [-0.1, -0.05) is 60.7 Å². The van der Waals surface area contributed by atoms with Crippen LogP contribution in [0.4, 0.5) is 0 Å². The molecule has 0 saturated carbocycles. The molecule has 2 aromatic rings. The van der Waals surface area contributed by atoms with E-state index in [1.54, 1.807) is 0 Å². The van der Waals surface area contributed by atoms with E-state index in [-0.39, 0.29) is 0 Å². The fourth-order valence-electron chi connectivity index (χ4n) is 1.50. The SMILES string of the molecule is N#CCc1ccccc1.NCCc1ccccc1. The molecule has 2 nitrogen and oxygen atoms in total. The molecule has 0 radical (unpaired) electrons. The third-order valence-electron chi connectivity index (χ3n) is 2.40. The maximum Gasteiger partial charge on any atom is 0.0669 e. The van der Waals surface area contributed by atoms with Crippen molar-refractivity contribution in [2.75, 3.05) is 6.54 Å². The Kier molecular flexibility index (Phi) is 6.96. The minimum Gasteiger partial charge on any atom is -0.330 e. The highest BCUT2D eigenvalue weighted by Gasteiger charge is 1.85. The molecule has 0 spiro atoms. The molecule has 0 saturated heterocycles. The first-order valence-electron chi connectivity index (χ1n) is 6.01. The van der Waals surface area contributed by atoms with E-state index < -0.39 is 0 Å². The fraction of sp³-hybridized carbons (Fsp3) is 0.188. The molecule has 0 amide bonds. The van der Waals surface area contributed by atoms with Gasteiger partial charge in [-0.15, -0.1) is 0 Å². The summed E-state index contributed by atoms with van der Waals surface area (Å²) in [7, 11) is 0. The molecule has 0 heterocycles. The molecule has 0 aromatic heterocycles. The molecular weight excluding hydrogens is 220 g/mol. The van der Waals surface area contributed by atoms with E-state index >= 15 is 0 Å². The van der Waals surface area contributed by atoms with Gasteiger partial charge in [0.05, 0.1) is 12.5 Å². The van der Waals surface area contributed by atoms with Crippen molar-refractivity contribution < 1.29 is 0 Å². The average Bonchev–Trinajstić information content (AvgIpc) is 2.43. The second-order valence-corrected chi connectivity index (χ2v) is 3.84. The van der Waals surface area contributed by atoms with Gasteiger partial charge in [0.1, 0.15) is 0 Å². The van der Waals surface area contributed by atoms with Gasteiger partial charge in [0.2, 0.25) is 0 Å². The molecule has 2 aromatic carbocycles. The van der Waals surface area contributed by atoms with Gasteiger partial charge in [0.15, 0.2) is 0 Å². The highest BCUT2D eigenvalue weighted by Crippen LogP contribution is 1.97. The van der Waals surface area contributed by atoms with Crippen molar-refractivity contribution >= 4 is 0 Å². The summed E-state index contributed by atoms with van der Waals surface area (Å²) in [6.07, 6.45) is 1.50. The number of nitrogens with two attached hydrogens (primary N) is 1. The first kappa shape index (κ1) is 14.0. The van der Waals surface area contributed by atoms with E-state index in [9.17, 15) is 0 Å². The number of hydrogen-bond donors (Lipinski definition) is 1. The highest BCUT2D eigenvalue weighted by atomic mass is 14.5. The van der Waals surface area contributed by atoms with Gasteiger partial charge in [0, 0.05) is 0 Å². The average molecular weight is 238 g/mol. The molecule has 0 atom stereocenters. The van der Waals surface area contributed by atoms with Crippen molar-refractivity contribution in [2.45, 2.75) is 12.8 Å². The molecule has 2 heteroatoms. The number of hydrogen-bond acceptors (Lipinski definition) is 2. The number of nitriles is 1. The third-order valence-corrected chi connectivity index (χ3v) is 2.40. The number of benzene rings is 2. The minimum atomic E-state index is 0.515. The Morgan fingerprint density at radius 3 is 1.78 bits per heavy atom. The smallest absolute Gasteiger partial charge is 0.0669 e. The molecule has 2 rings (SSSR count).